The van der Waals surface area contributed by atoms with E-state index in [1.807, 2.05) is 41.1 Å². The van der Waals surface area contributed by atoms with Gasteiger partial charge in [-0.1, -0.05) is 31.4 Å². The maximum Gasteiger partial charge on any atom is 0.254 e. The van der Waals surface area contributed by atoms with Crippen molar-refractivity contribution in [2.75, 3.05) is 25.9 Å². The molecule has 0 unspecified atom stereocenters. The number of carbonyl (C=O) groups excluding carboxylic acids is 2. The summed E-state index contributed by atoms with van der Waals surface area (Å²) in [4.78, 5) is 30.3. The van der Waals surface area contributed by atoms with E-state index in [0.717, 1.165) is 30.6 Å². The molecule has 0 spiro atoms. The summed E-state index contributed by atoms with van der Waals surface area (Å²) in [7, 11) is 1.92. The average molecular weight is 390 g/mol. The molecule has 1 aromatic rings. The topological polar surface area (TPSA) is 66.6 Å². The van der Waals surface area contributed by atoms with Crippen molar-refractivity contribution in [3.8, 4) is 0 Å². The third kappa shape index (κ3) is 5.26. The monoisotopic (exact) mass is 389 g/mol. The molecule has 3 rings (SSSR count). The van der Waals surface area contributed by atoms with Crippen LogP contribution in [0.2, 0.25) is 0 Å². The highest BCUT2D eigenvalue weighted by Gasteiger charge is 2.25. The maximum atomic E-state index is 12.9. The Morgan fingerprint density at radius 1 is 1.11 bits per heavy atom. The Kier molecular flexibility index (Phi) is 7.19. The van der Waals surface area contributed by atoms with Crippen LogP contribution in [0.25, 0.3) is 0 Å². The number of piperidine rings is 1. The highest BCUT2D eigenvalue weighted by atomic mass is 32.2. The van der Waals surface area contributed by atoms with Crippen molar-refractivity contribution in [1.29, 1.82) is 0 Å². The van der Waals surface area contributed by atoms with Crippen LogP contribution in [0.5, 0.6) is 0 Å². The third-order valence-electron chi connectivity index (χ3n) is 5.81. The number of amides is 2. The van der Waals surface area contributed by atoms with Crippen molar-refractivity contribution in [3.63, 3.8) is 0 Å². The summed E-state index contributed by atoms with van der Waals surface area (Å²) < 4.78 is 0. The molecular formula is C21H31N3O2S. The van der Waals surface area contributed by atoms with Gasteiger partial charge in [-0.25, -0.2) is 0 Å². The zero-order chi connectivity index (χ0) is 19.2. The van der Waals surface area contributed by atoms with Gasteiger partial charge in [0.1, 0.15) is 0 Å². The Bertz CT molecular complexity index is 653. The van der Waals surface area contributed by atoms with Crippen molar-refractivity contribution in [2.45, 2.75) is 61.9 Å². The number of benzene rings is 1. The van der Waals surface area contributed by atoms with Gasteiger partial charge in [0.25, 0.3) is 5.91 Å². The molecule has 1 saturated carbocycles. The van der Waals surface area contributed by atoms with Crippen LogP contribution in [0.3, 0.4) is 0 Å². The van der Waals surface area contributed by atoms with E-state index < -0.39 is 0 Å². The van der Waals surface area contributed by atoms with Gasteiger partial charge in [-0.05, 0) is 37.8 Å². The second-order valence-electron chi connectivity index (χ2n) is 7.71. The molecule has 0 atom stereocenters. The fraction of sp³-hybridized carbons (Fsp3) is 0.619. The molecule has 2 fully saturated rings. The van der Waals surface area contributed by atoms with Gasteiger partial charge in [-0.3, -0.25) is 9.59 Å². The summed E-state index contributed by atoms with van der Waals surface area (Å²) in [6.45, 7) is 1.42. The van der Waals surface area contributed by atoms with Crippen LogP contribution >= 0.6 is 11.8 Å². The van der Waals surface area contributed by atoms with Crippen LogP contribution in [0, 0.1) is 0 Å². The Morgan fingerprint density at radius 3 is 2.48 bits per heavy atom. The number of hydrogen-bond acceptors (Lipinski definition) is 4. The van der Waals surface area contributed by atoms with E-state index in [2.05, 4.69) is 0 Å². The van der Waals surface area contributed by atoms with Crippen molar-refractivity contribution < 1.29 is 9.59 Å². The summed E-state index contributed by atoms with van der Waals surface area (Å²) in [6.07, 6.45) is 7.64. The Morgan fingerprint density at radius 2 is 1.78 bits per heavy atom. The highest BCUT2D eigenvalue weighted by Crippen LogP contribution is 2.27. The van der Waals surface area contributed by atoms with Gasteiger partial charge in [0.15, 0.2) is 0 Å². The van der Waals surface area contributed by atoms with Gasteiger partial charge in [-0.15, -0.1) is 11.8 Å². The normalized spacial score (nSPS) is 19.1. The SMILES string of the molecule is CN(C(=O)CSc1ccccc1C(=O)N1CCC(N)CC1)C1CCCCC1. The Hall–Kier alpha value is -1.53. The minimum Gasteiger partial charge on any atom is -0.342 e. The first-order chi connectivity index (χ1) is 13.1. The lowest BCUT2D eigenvalue weighted by Crippen LogP contribution is -2.43. The van der Waals surface area contributed by atoms with E-state index in [-0.39, 0.29) is 17.9 Å². The molecule has 0 bridgehead atoms. The summed E-state index contributed by atoms with van der Waals surface area (Å²) in [5, 5.41) is 0. The molecule has 6 heteroatoms. The lowest BCUT2D eigenvalue weighted by atomic mass is 9.94. The number of thioether (sulfide) groups is 1. The second kappa shape index (κ2) is 9.60. The molecule has 27 heavy (non-hydrogen) atoms. The minimum atomic E-state index is 0.0538. The lowest BCUT2D eigenvalue weighted by Gasteiger charge is -2.31. The Balaban J connectivity index is 1.60. The van der Waals surface area contributed by atoms with Gasteiger partial charge >= 0.3 is 0 Å². The van der Waals surface area contributed by atoms with E-state index in [4.69, 9.17) is 5.73 Å². The molecule has 1 aliphatic heterocycles. The number of hydrogen-bond donors (Lipinski definition) is 1. The number of rotatable bonds is 5. The molecule has 2 N–H and O–H groups in total. The van der Waals surface area contributed by atoms with E-state index in [9.17, 15) is 9.59 Å². The Labute approximate surface area is 166 Å². The molecule has 148 valence electrons. The molecule has 0 aromatic heterocycles. The highest BCUT2D eigenvalue weighted by molar-refractivity contribution is 8.00. The zero-order valence-corrected chi connectivity index (χ0v) is 17.0. The van der Waals surface area contributed by atoms with Gasteiger partial charge in [-0.2, -0.15) is 0 Å². The van der Waals surface area contributed by atoms with Crippen molar-refractivity contribution in [2.24, 2.45) is 5.73 Å². The predicted octanol–water partition coefficient (Wildman–Crippen LogP) is 3.13. The predicted molar refractivity (Wildman–Crippen MR) is 110 cm³/mol. The number of likely N-dealkylation sites (tertiary alicyclic amines) is 1. The van der Waals surface area contributed by atoms with E-state index >= 15 is 0 Å². The first-order valence-corrected chi connectivity index (χ1v) is 11.1. The molecule has 1 aromatic carbocycles. The zero-order valence-electron chi connectivity index (χ0n) is 16.2. The summed E-state index contributed by atoms with van der Waals surface area (Å²) in [6, 6.07) is 8.22. The lowest BCUT2D eigenvalue weighted by molar-refractivity contribution is -0.129. The van der Waals surface area contributed by atoms with Crippen LogP contribution in [-0.2, 0) is 4.79 Å². The van der Waals surface area contributed by atoms with Gasteiger partial charge in [0, 0.05) is 37.1 Å². The van der Waals surface area contributed by atoms with E-state index in [1.54, 1.807) is 0 Å². The van der Waals surface area contributed by atoms with Crippen LogP contribution in [0.4, 0.5) is 0 Å². The fourth-order valence-electron chi connectivity index (χ4n) is 3.96. The van der Waals surface area contributed by atoms with Gasteiger partial charge in [0.2, 0.25) is 5.91 Å². The number of nitrogens with two attached hydrogens (primary N) is 1. The second-order valence-corrected chi connectivity index (χ2v) is 8.73. The molecule has 1 aliphatic carbocycles. The first-order valence-electron chi connectivity index (χ1n) is 10.1. The van der Waals surface area contributed by atoms with Crippen molar-refractivity contribution >= 4 is 23.6 Å². The summed E-state index contributed by atoms with van der Waals surface area (Å²) >= 11 is 1.48. The van der Waals surface area contributed by atoms with Crippen LogP contribution < -0.4 is 5.73 Å². The van der Waals surface area contributed by atoms with Crippen LogP contribution in [0.1, 0.15) is 55.3 Å². The third-order valence-corrected chi connectivity index (χ3v) is 6.87. The van der Waals surface area contributed by atoms with Gasteiger partial charge < -0.3 is 15.5 Å². The quantitative estimate of drug-likeness (QED) is 0.786. The first kappa shape index (κ1) is 20.2. The molecule has 2 aliphatic rings. The minimum absolute atomic E-state index is 0.0538. The van der Waals surface area contributed by atoms with Crippen molar-refractivity contribution in [1.82, 2.24) is 9.80 Å². The average Bonchev–Trinajstić information content (AvgIpc) is 2.72. The van der Waals surface area contributed by atoms with E-state index in [1.165, 1.54) is 31.0 Å². The maximum absolute atomic E-state index is 12.9. The molecule has 1 heterocycles. The van der Waals surface area contributed by atoms with Crippen LogP contribution in [-0.4, -0.2) is 59.6 Å². The molecule has 2 amide bonds. The summed E-state index contributed by atoms with van der Waals surface area (Å²) in [5.41, 5.74) is 6.65. The fourth-order valence-corrected chi connectivity index (χ4v) is 4.92. The van der Waals surface area contributed by atoms with Crippen LogP contribution in [0.15, 0.2) is 29.2 Å². The molecule has 1 saturated heterocycles. The smallest absolute Gasteiger partial charge is 0.254 e. The summed E-state index contributed by atoms with van der Waals surface area (Å²) in [5.74, 6) is 0.582. The molecule has 5 nitrogen and oxygen atoms in total. The standard InChI is InChI=1S/C21H31N3O2S/c1-23(17-7-3-2-4-8-17)20(25)15-27-19-10-6-5-9-18(19)21(26)24-13-11-16(22)12-14-24/h5-6,9-10,16-17H,2-4,7-8,11-15,22H2,1H3. The van der Waals surface area contributed by atoms with E-state index in [0.29, 0.717) is 30.4 Å². The number of nitrogens with zero attached hydrogens (tertiary/aromatic N) is 2. The molecular weight excluding hydrogens is 358 g/mol. The van der Waals surface area contributed by atoms with Crippen molar-refractivity contribution in [3.05, 3.63) is 29.8 Å². The number of carbonyl (C=O) groups is 2. The molecule has 0 radical (unpaired) electrons. The largest absolute Gasteiger partial charge is 0.342 e. The van der Waals surface area contributed by atoms with Gasteiger partial charge in [0.05, 0.1) is 11.3 Å².